The Morgan fingerprint density at radius 2 is 1.81 bits per heavy atom. The van der Waals surface area contributed by atoms with Crippen molar-refractivity contribution in [3.05, 3.63) is 42.0 Å². The molecule has 1 atom stereocenters. The molecule has 0 aromatic heterocycles. The Morgan fingerprint density at radius 1 is 1.19 bits per heavy atom. The minimum Gasteiger partial charge on any atom is -0.234 e. The average Bonchev–Trinajstić information content (AvgIpc) is 2.24. The summed E-state index contributed by atoms with van der Waals surface area (Å²) in [6, 6.07) is 9.93. The van der Waals surface area contributed by atoms with Crippen molar-refractivity contribution in [2.45, 2.75) is 25.5 Å². The third-order valence-corrected chi connectivity index (χ3v) is 3.22. The summed E-state index contributed by atoms with van der Waals surface area (Å²) in [5.41, 5.74) is 1.11. The zero-order valence-electron chi connectivity index (χ0n) is 9.88. The summed E-state index contributed by atoms with van der Waals surface area (Å²) in [5, 5.41) is 0. The summed E-state index contributed by atoms with van der Waals surface area (Å²) in [6.45, 7) is 5.71. The fraction of sp³-hybridized carbons (Fsp3) is 0.308. The van der Waals surface area contributed by atoms with E-state index >= 15 is 0 Å². The first-order valence-electron chi connectivity index (χ1n) is 5.18. The minimum absolute atomic E-state index is 0.295. The van der Waals surface area contributed by atoms with Gasteiger partial charge in [0, 0.05) is 6.21 Å². The molecular weight excluding hydrogens is 218 g/mol. The molecule has 1 unspecified atom stereocenters. The number of hydrogen-bond acceptors (Lipinski definition) is 1. The fourth-order valence-corrected chi connectivity index (χ4v) is 1.46. The maximum atomic E-state index is 11.6. The Labute approximate surface area is 99.7 Å². The van der Waals surface area contributed by atoms with Crippen LogP contribution in [0.4, 0.5) is 0 Å². The Bertz CT molecular complexity index is 402. The van der Waals surface area contributed by atoms with Crippen molar-refractivity contribution < 1.29 is 4.21 Å². The van der Waals surface area contributed by atoms with Gasteiger partial charge in [-0.2, -0.15) is 4.40 Å². The lowest BCUT2D eigenvalue weighted by Crippen LogP contribution is -2.19. The van der Waals surface area contributed by atoms with E-state index in [1.54, 1.807) is 12.3 Å². The summed E-state index contributed by atoms with van der Waals surface area (Å²) in [7, 11) is -1.18. The van der Waals surface area contributed by atoms with Gasteiger partial charge in [-0.1, -0.05) is 36.4 Å². The van der Waals surface area contributed by atoms with Gasteiger partial charge in [0.2, 0.25) is 0 Å². The van der Waals surface area contributed by atoms with Crippen LogP contribution in [0.25, 0.3) is 6.08 Å². The molecule has 0 saturated heterocycles. The van der Waals surface area contributed by atoms with Crippen molar-refractivity contribution in [2.24, 2.45) is 4.40 Å². The zero-order chi connectivity index (χ0) is 12.0. The van der Waals surface area contributed by atoms with Crippen molar-refractivity contribution in [3.8, 4) is 0 Å². The quantitative estimate of drug-likeness (QED) is 0.740. The summed E-state index contributed by atoms with van der Waals surface area (Å²) < 4.78 is 15.2. The van der Waals surface area contributed by atoms with Crippen LogP contribution in [0.5, 0.6) is 0 Å². The Morgan fingerprint density at radius 3 is 2.38 bits per heavy atom. The van der Waals surface area contributed by atoms with E-state index in [1.165, 1.54) is 0 Å². The van der Waals surface area contributed by atoms with Crippen LogP contribution in [0.3, 0.4) is 0 Å². The molecule has 0 bridgehead atoms. The second-order valence-corrected chi connectivity index (χ2v) is 6.32. The normalized spacial score (nSPS) is 14.7. The van der Waals surface area contributed by atoms with Crippen LogP contribution in [-0.4, -0.2) is 15.2 Å². The molecule has 3 heteroatoms. The predicted octanol–water partition coefficient (Wildman–Crippen LogP) is 3.23. The lowest BCUT2D eigenvalue weighted by atomic mass is 10.2. The van der Waals surface area contributed by atoms with E-state index in [0.29, 0.717) is 0 Å². The first kappa shape index (κ1) is 12.8. The Hall–Kier alpha value is -1.22. The molecule has 0 saturated carbocycles. The highest BCUT2D eigenvalue weighted by atomic mass is 32.2. The van der Waals surface area contributed by atoms with Gasteiger partial charge in [0.05, 0.1) is 4.75 Å². The molecule has 16 heavy (non-hydrogen) atoms. The first-order valence-corrected chi connectivity index (χ1v) is 6.28. The van der Waals surface area contributed by atoms with Gasteiger partial charge in [-0.15, -0.1) is 0 Å². The van der Waals surface area contributed by atoms with Crippen molar-refractivity contribution in [1.29, 1.82) is 0 Å². The number of allylic oxidation sites excluding steroid dienone is 1. The van der Waals surface area contributed by atoms with Gasteiger partial charge in [0.1, 0.15) is 11.0 Å². The summed E-state index contributed by atoms with van der Waals surface area (Å²) in [4.78, 5) is 0. The topological polar surface area (TPSA) is 29.4 Å². The fourth-order valence-electron chi connectivity index (χ4n) is 0.967. The van der Waals surface area contributed by atoms with Gasteiger partial charge in [-0.3, -0.25) is 0 Å². The highest BCUT2D eigenvalue weighted by Crippen LogP contribution is 2.11. The Kier molecular flexibility index (Phi) is 4.62. The summed E-state index contributed by atoms with van der Waals surface area (Å²) >= 11 is 0. The van der Waals surface area contributed by atoms with Gasteiger partial charge < -0.3 is 0 Å². The molecule has 1 rings (SSSR count). The molecule has 86 valence electrons. The van der Waals surface area contributed by atoms with Crippen LogP contribution in [0, 0.1) is 0 Å². The standard InChI is InChI=1S/C13H17NOS/c1-13(2,3)16(15)14-11-7-10-12-8-5-4-6-9-12/h4-11H,1-3H3/b10-7+,14-11-. The van der Waals surface area contributed by atoms with Crippen LogP contribution in [0.2, 0.25) is 0 Å². The molecule has 0 aliphatic heterocycles. The minimum atomic E-state index is -1.18. The highest BCUT2D eigenvalue weighted by Gasteiger charge is 2.17. The maximum absolute atomic E-state index is 11.6. The molecule has 0 amide bonds. The van der Waals surface area contributed by atoms with Gasteiger partial charge in [-0.25, -0.2) is 4.21 Å². The molecule has 0 aliphatic carbocycles. The first-order chi connectivity index (χ1) is 7.50. The van der Waals surface area contributed by atoms with Crippen LogP contribution in [0.15, 0.2) is 40.8 Å². The number of hydrogen-bond donors (Lipinski definition) is 0. The predicted molar refractivity (Wildman–Crippen MR) is 71.9 cm³/mol. The lowest BCUT2D eigenvalue weighted by molar-refractivity contribution is 0.651. The van der Waals surface area contributed by atoms with Crippen LogP contribution in [0.1, 0.15) is 26.3 Å². The largest absolute Gasteiger partial charge is 0.234 e. The third-order valence-electron chi connectivity index (χ3n) is 1.85. The van der Waals surface area contributed by atoms with E-state index in [1.807, 2.05) is 57.2 Å². The molecule has 1 aromatic carbocycles. The second kappa shape index (κ2) is 5.75. The molecule has 1 aromatic rings. The van der Waals surface area contributed by atoms with Gasteiger partial charge in [-0.05, 0) is 32.4 Å². The van der Waals surface area contributed by atoms with Crippen molar-refractivity contribution >= 4 is 23.3 Å². The second-order valence-electron chi connectivity index (χ2n) is 4.39. The van der Waals surface area contributed by atoms with E-state index in [0.717, 1.165) is 5.56 Å². The molecule has 2 nitrogen and oxygen atoms in total. The lowest BCUT2D eigenvalue weighted by Gasteiger charge is -2.12. The SMILES string of the molecule is CC(C)(C)S(=O)/N=C\C=C\c1ccccc1. The maximum Gasteiger partial charge on any atom is 0.144 e. The highest BCUT2D eigenvalue weighted by molar-refractivity contribution is 7.85. The molecule has 0 aliphatic rings. The third kappa shape index (κ3) is 4.53. The average molecular weight is 235 g/mol. The van der Waals surface area contributed by atoms with Crippen LogP contribution < -0.4 is 0 Å². The molecule has 0 heterocycles. The number of benzene rings is 1. The van der Waals surface area contributed by atoms with Crippen LogP contribution in [-0.2, 0) is 11.0 Å². The van der Waals surface area contributed by atoms with Gasteiger partial charge in [0.15, 0.2) is 0 Å². The van der Waals surface area contributed by atoms with E-state index in [-0.39, 0.29) is 4.75 Å². The molecule has 0 fully saturated rings. The molecule has 0 N–H and O–H groups in total. The van der Waals surface area contributed by atoms with Gasteiger partial charge >= 0.3 is 0 Å². The van der Waals surface area contributed by atoms with Crippen molar-refractivity contribution in [1.82, 2.24) is 0 Å². The van der Waals surface area contributed by atoms with Gasteiger partial charge in [0.25, 0.3) is 0 Å². The summed E-state index contributed by atoms with van der Waals surface area (Å²) in [5.74, 6) is 0. The monoisotopic (exact) mass is 235 g/mol. The number of rotatable bonds is 3. The van der Waals surface area contributed by atoms with Crippen molar-refractivity contribution in [3.63, 3.8) is 0 Å². The van der Waals surface area contributed by atoms with E-state index in [9.17, 15) is 4.21 Å². The van der Waals surface area contributed by atoms with E-state index in [2.05, 4.69) is 4.40 Å². The summed E-state index contributed by atoms with van der Waals surface area (Å²) in [6.07, 6.45) is 5.33. The molecule has 0 radical (unpaired) electrons. The number of nitrogens with zero attached hydrogens (tertiary/aromatic N) is 1. The molecular formula is C13H17NOS. The smallest absolute Gasteiger partial charge is 0.144 e. The molecule has 0 spiro atoms. The van der Waals surface area contributed by atoms with Crippen LogP contribution >= 0.6 is 0 Å². The van der Waals surface area contributed by atoms with E-state index < -0.39 is 11.0 Å². The van der Waals surface area contributed by atoms with E-state index in [4.69, 9.17) is 0 Å². The zero-order valence-corrected chi connectivity index (χ0v) is 10.7. The Balaban J connectivity index is 2.56. The van der Waals surface area contributed by atoms with Crippen molar-refractivity contribution in [2.75, 3.05) is 0 Å².